The molecule has 1 N–H and O–H groups in total. The van der Waals surface area contributed by atoms with Crippen LogP contribution in [-0.2, 0) is 13.0 Å². The summed E-state index contributed by atoms with van der Waals surface area (Å²) in [5.74, 6) is 0.974. The van der Waals surface area contributed by atoms with Gasteiger partial charge in [-0.25, -0.2) is 9.97 Å². The quantitative estimate of drug-likeness (QED) is 0.792. The van der Waals surface area contributed by atoms with Gasteiger partial charge in [0.05, 0.1) is 0 Å². The topological polar surface area (TPSA) is 37.8 Å². The second-order valence-electron chi connectivity index (χ2n) is 3.57. The molecule has 0 saturated carbocycles. The summed E-state index contributed by atoms with van der Waals surface area (Å²) in [4.78, 5) is 8.98. The Morgan fingerprint density at radius 1 is 1.14 bits per heavy atom. The Bertz CT molecular complexity index is 284. The fourth-order valence-electron chi connectivity index (χ4n) is 1.58. The highest BCUT2D eigenvalue weighted by molar-refractivity contribution is 5.24. The van der Waals surface area contributed by atoms with Crippen LogP contribution in [0.15, 0.2) is 0 Å². The Labute approximate surface area is 86.0 Å². The van der Waals surface area contributed by atoms with Crippen LogP contribution >= 0.6 is 0 Å². The Balaban J connectivity index is 2.98. The van der Waals surface area contributed by atoms with Crippen LogP contribution in [0.2, 0.25) is 0 Å². The summed E-state index contributed by atoms with van der Waals surface area (Å²) in [6.45, 7) is 7.11. The van der Waals surface area contributed by atoms with Gasteiger partial charge in [0.25, 0.3) is 0 Å². The maximum Gasteiger partial charge on any atom is 0.128 e. The maximum atomic E-state index is 4.49. The van der Waals surface area contributed by atoms with Crippen molar-refractivity contribution >= 4 is 0 Å². The van der Waals surface area contributed by atoms with E-state index in [2.05, 4.69) is 36.1 Å². The zero-order valence-electron chi connectivity index (χ0n) is 9.52. The molecule has 0 aliphatic rings. The molecule has 0 aromatic carbocycles. The van der Waals surface area contributed by atoms with Crippen molar-refractivity contribution in [2.24, 2.45) is 0 Å². The van der Waals surface area contributed by atoms with Gasteiger partial charge in [-0.3, -0.25) is 0 Å². The van der Waals surface area contributed by atoms with Crippen LogP contribution in [0.1, 0.15) is 36.1 Å². The molecule has 14 heavy (non-hydrogen) atoms. The van der Waals surface area contributed by atoms with E-state index in [0.717, 1.165) is 36.6 Å². The van der Waals surface area contributed by atoms with Gasteiger partial charge in [-0.05, 0) is 27.3 Å². The lowest BCUT2D eigenvalue weighted by molar-refractivity contribution is 0.755. The van der Waals surface area contributed by atoms with E-state index in [1.807, 2.05) is 7.05 Å². The summed E-state index contributed by atoms with van der Waals surface area (Å²) in [6.07, 6.45) is 2.08. The van der Waals surface area contributed by atoms with E-state index in [1.165, 1.54) is 5.56 Å². The molecule has 0 bridgehead atoms. The predicted octanol–water partition coefficient (Wildman–Crippen LogP) is 1.77. The molecule has 3 nitrogen and oxygen atoms in total. The van der Waals surface area contributed by atoms with E-state index in [1.54, 1.807) is 0 Å². The van der Waals surface area contributed by atoms with E-state index >= 15 is 0 Å². The van der Waals surface area contributed by atoms with Crippen molar-refractivity contribution in [1.29, 1.82) is 0 Å². The first kappa shape index (κ1) is 11.1. The average molecular weight is 193 g/mol. The molecule has 0 spiro atoms. The highest BCUT2D eigenvalue weighted by Gasteiger charge is 2.06. The third-order valence-electron chi connectivity index (χ3n) is 2.29. The van der Waals surface area contributed by atoms with Gasteiger partial charge in [-0.2, -0.15) is 0 Å². The second-order valence-corrected chi connectivity index (χ2v) is 3.57. The van der Waals surface area contributed by atoms with Gasteiger partial charge < -0.3 is 5.32 Å². The fraction of sp³-hybridized carbons (Fsp3) is 0.636. The lowest BCUT2D eigenvalue weighted by Gasteiger charge is -2.09. The van der Waals surface area contributed by atoms with Crippen molar-refractivity contribution in [3.05, 3.63) is 22.8 Å². The molecule has 0 radical (unpaired) electrons. The minimum Gasteiger partial charge on any atom is -0.316 e. The molecular weight excluding hydrogens is 174 g/mol. The number of hydrogen-bond acceptors (Lipinski definition) is 3. The lowest BCUT2D eigenvalue weighted by atomic mass is 10.1. The van der Waals surface area contributed by atoms with Crippen molar-refractivity contribution in [2.45, 2.75) is 40.2 Å². The van der Waals surface area contributed by atoms with Crippen molar-refractivity contribution in [2.75, 3.05) is 7.05 Å². The zero-order valence-corrected chi connectivity index (χ0v) is 9.52. The van der Waals surface area contributed by atoms with Gasteiger partial charge in [0.1, 0.15) is 5.82 Å². The Hall–Kier alpha value is -0.960. The summed E-state index contributed by atoms with van der Waals surface area (Å²) >= 11 is 0. The highest BCUT2D eigenvalue weighted by Crippen LogP contribution is 2.10. The second kappa shape index (κ2) is 5.05. The number of nitrogens with one attached hydrogen (secondary N) is 1. The molecule has 1 aromatic rings. The third kappa shape index (κ3) is 2.51. The monoisotopic (exact) mass is 193 g/mol. The highest BCUT2D eigenvalue weighted by atomic mass is 14.9. The van der Waals surface area contributed by atoms with Gasteiger partial charge in [0.2, 0.25) is 0 Å². The molecule has 1 rings (SSSR count). The third-order valence-corrected chi connectivity index (χ3v) is 2.29. The van der Waals surface area contributed by atoms with Crippen LogP contribution in [0.5, 0.6) is 0 Å². The summed E-state index contributed by atoms with van der Waals surface area (Å²) in [5, 5.41) is 3.14. The number of aryl methyl sites for hydroxylation is 3. The lowest BCUT2D eigenvalue weighted by Crippen LogP contribution is -2.12. The van der Waals surface area contributed by atoms with Crippen molar-refractivity contribution in [3.8, 4) is 0 Å². The zero-order chi connectivity index (χ0) is 10.6. The molecule has 0 aliphatic heterocycles. The van der Waals surface area contributed by atoms with E-state index in [0.29, 0.717) is 0 Å². The summed E-state index contributed by atoms with van der Waals surface area (Å²) in [5.41, 5.74) is 3.44. The van der Waals surface area contributed by atoms with E-state index in [4.69, 9.17) is 0 Å². The van der Waals surface area contributed by atoms with Gasteiger partial charge in [-0.1, -0.05) is 6.92 Å². The molecule has 0 saturated heterocycles. The predicted molar refractivity (Wildman–Crippen MR) is 58.3 cm³/mol. The van der Waals surface area contributed by atoms with Crippen LogP contribution in [0, 0.1) is 13.8 Å². The van der Waals surface area contributed by atoms with Crippen molar-refractivity contribution in [1.82, 2.24) is 15.3 Å². The summed E-state index contributed by atoms with van der Waals surface area (Å²) in [6, 6.07) is 0. The molecule has 0 aliphatic carbocycles. The first-order chi connectivity index (χ1) is 6.69. The Morgan fingerprint density at radius 2 is 1.71 bits per heavy atom. The molecule has 0 amide bonds. The average Bonchev–Trinajstić information content (AvgIpc) is 2.12. The standard InChI is InChI=1S/C11H19N3/c1-5-6-11-13-8(2)10(7-12-4)9(3)14-11/h12H,5-7H2,1-4H3. The van der Waals surface area contributed by atoms with Crippen LogP contribution in [0.3, 0.4) is 0 Å². The molecular formula is C11H19N3. The van der Waals surface area contributed by atoms with Crippen molar-refractivity contribution in [3.63, 3.8) is 0 Å². The minimum atomic E-state index is 0.851. The van der Waals surface area contributed by atoms with Crippen LogP contribution in [-0.4, -0.2) is 17.0 Å². The van der Waals surface area contributed by atoms with Gasteiger partial charge >= 0.3 is 0 Å². The largest absolute Gasteiger partial charge is 0.316 e. The van der Waals surface area contributed by atoms with Gasteiger partial charge in [0, 0.05) is 29.9 Å². The maximum absolute atomic E-state index is 4.49. The number of hydrogen-bond donors (Lipinski definition) is 1. The molecule has 3 heteroatoms. The summed E-state index contributed by atoms with van der Waals surface area (Å²) in [7, 11) is 1.94. The Morgan fingerprint density at radius 3 is 2.14 bits per heavy atom. The summed E-state index contributed by atoms with van der Waals surface area (Å²) < 4.78 is 0. The normalized spacial score (nSPS) is 10.6. The van der Waals surface area contributed by atoms with Crippen LogP contribution in [0.4, 0.5) is 0 Å². The number of aromatic nitrogens is 2. The van der Waals surface area contributed by atoms with E-state index in [9.17, 15) is 0 Å². The molecule has 1 heterocycles. The fourth-order valence-corrected chi connectivity index (χ4v) is 1.58. The van der Waals surface area contributed by atoms with Crippen LogP contribution < -0.4 is 5.32 Å². The van der Waals surface area contributed by atoms with E-state index < -0.39 is 0 Å². The number of rotatable bonds is 4. The molecule has 1 aromatic heterocycles. The smallest absolute Gasteiger partial charge is 0.128 e. The molecule has 0 fully saturated rings. The number of nitrogens with zero attached hydrogens (tertiary/aromatic N) is 2. The SMILES string of the molecule is CCCc1nc(C)c(CNC)c(C)n1. The first-order valence-corrected chi connectivity index (χ1v) is 5.16. The van der Waals surface area contributed by atoms with Gasteiger partial charge in [0.15, 0.2) is 0 Å². The molecule has 0 atom stereocenters. The van der Waals surface area contributed by atoms with Crippen molar-refractivity contribution < 1.29 is 0 Å². The van der Waals surface area contributed by atoms with Crippen LogP contribution in [0.25, 0.3) is 0 Å². The van der Waals surface area contributed by atoms with Gasteiger partial charge in [-0.15, -0.1) is 0 Å². The Kier molecular flexibility index (Phi) is 4.01. The molecule has 0 unspecified atom stereocenters. The molecule has 78 valence electrons. The van der Waals surface area contributed by atoms with E-state index in [-0.39, 0.29) is 0 Å². The minimum absolute atomic E-state index is 0.851. The first-order valence-electron chi connectivity index (χ1n) is 5.16.